The van der Waals surface area contributed by atoms with E-state index >= 15 is 0 Å². The van der Waals surface area contributed by atoms with Crippen molar-refractivity contribution in [1.29, 1.82) is 0 Å². The van der Waals surface area contributed by atoms with Crippen molar-refractivity contribution in [3.63, 3.8) is 0 Å². The lowest BCUT2D eigenvalue weighted by Gasteiger charge is -2.32. The third-order valence-electron chi connectivity index (χ3n) is 2.81. The van der Waals surface area contributed by atoms with Crippen LogP contribution in [0.2, 0.25) is 0 Å². The van der Waals surface area contributed by atoms with Crippen LogP contribution in [0.3, 0.4) is 0 Å². The van der Waals surface area contributed by atoms with Crippen LogP contribution in [-0.4, -0.2) is 19.3 Å². The molecule has 3 nitrogen and oxygen atoms in total. The molecule has 2 aliphatic heterocycles. The largest absolute Gasteiger partial charge is 0.486 e. The van der Waals surface area contributed by atoms with Crippen molar-refractivity contribution in [2.45, 2.75) is 13.0 Å². The number of hydrogen-bond acceptors (Lipinski definition) is 3. The van der Waals surface area contributed by atoms with Crippen molar-refractivity contribution < 1.29 is 9.13 Å². The molecular weight excluding hydrogens is 183 g/mol. The van der Waals surface area contributed by atoms with Crippen LogP contribution in [0.15, 0.2) is 12.1 Å². The Hall–Kier alpha value is -1.45. The second kappa shape index (κ2) is 2.53. The van der Waals surface area contributed by atoms with Crippen molar-refractivity contribution in [1.82, 2.24) is 0 Å². The van der Waals surface area contributed by atoms with Gasteiger partial charge < -0.3 is 15.0 Å². The van der Waals surface area contributed by atoms with Crippen LogP contribution in [0, 0.1) is 5.82 Å². The highest BCUT2D eigenvalue weighted by Crippen LogP contribution is 2.44. The van der Waals surface area contributed by atoms with Crippen LogP contribution in [0.1, 0.15) is 6.92 Å². The van der Waals surface area contributed by atoms with Crippen LogP contribution in [0.25, 0.3) is 0 Å². The number of nitrogens with zero attached hydrogens (tertiary/aromatic N) is 1. The summed E-state index contributed by atoms with van der Waals surface area (Å²) in [5.41, 5.74) is 1.84. The summed E-state index contributed by atoms with van der Waals surface area (Å²) >= 11 is 0. The SMILES string of the molecule is C[C@@H]1COc2c(F)ccc3c2N1CN3. The summed E-state index contributed by atoms with van der Waals surface area (Å²) in [5.74, 6) is 0.120. The molecule has 0 saturated carbocycles. The molecule has 1 aromatic carbocycles. The smallest absolute Gasteiger partial charge is 0.180 e. The standard InChI is InChI=1S/C10H11FN2O/c1-6-4-14-10-7(11)2-3-8-9(10)13(6)5-12-8/h2-3,6,12H,4-5H2,1H3/t6-/m1/s1. The van der Waals surface area contributed by atoms with Gasteiger partial charge in [-0.1, -0.05) is 0 Å². The summed E-state index contributed by atoms with van der Waals surface area (Å²) in [6, 6.07) is 3.51. The zero-order valence-corrected chi connectivity index (χ0v) is 7.88. The van der Waals surface area contributed by atoms with Gasteiger partial charge >= 0.3 is 0 Å². The highest BCUT2D eigenvalue weighted by molar-refractivity contribution is 5.82. The first-order chi connectivity index (χ1) is 6.77. The van der Waals surface area contributed by atoms with Gasteiger partial charge in [0.1, 0.15) is 12.3 Å². The third-order valence-corrected chi connectivity index (χ3v) is 2.81. The Kier molecular flexibility index (Phi) is 1.43. The number of ether oxygens (including phenoxy) is 1. The van der Waals surface area contributed by atoms with E-state index in [1.807, 2.05) is 0 Å². The van der Waals surface area contributed by atoms with Crippen LogP contribution >= 0.6 is 0 Å². The molecule has 0 aromatic heterocycles. The summed E-state index contributed by atoms with van der Waals surface area (Å²) < 4.78 is 18.8. The molecule has 0 bridgehead atoms. The van der Waals surface area contributed by atoms with E-state index in [-0.39, 0.29) is 5.82 Å². The average molecular weight is 194 g/mol. The van der Waals surface area contributed by atoms with Crippen molar-refractivity contribution in [3.05, 3.63) is 17.9 Å². The second-order valence-corrected chi connectivity index (χ2v) is 3.74. The molecule has 1 atom stereocenters. The molecule has 1 N–H and O–H groups in total. The van der Waals surface area contributed by atoms with Gasteiger partial charge in [0.15, 0.2) is 11.6 Å². The quantitative estimate of drug-likeness (QED) is 0.681. The van der Waals surface area contributed by atoms with E-state index in [4.69, 9.17) is 4.74 Å². The molecule has 0 unspecified atom stereocenters. The van der Waals surface area contributed by atoms with E-state index < -0.39 is 0 Å². The summed E-state index contributed by atoms with van der Waals surface area (Å²) in [7, 11) is 0. The van der Waals surface area contributed by atoms with Gasteiger partial charge in [-0.05, 0) is 19.1 Å². The maximum Gasteiger partial charge on any atom is 0.180 e. The zero-order valence-electron chi connectivity index (χ0n) is 7.88. The summed E-state index contributed by atoms with van der Waals surface area (Å²) in [6.45, 7) is 3.37. The van der Waals surface area contributed by atoms with Crippen LogP contribution in [-0.2, 0) is 0 Å². The van der Waals surface area contributed by atoms with Gasteiger partial charge in [-0.25, -0.2) is 4.39 Å². The molecule has 2 aliphatic rings. The fraction of sp³-hybridized carbons (Fsp3) is 0.400. The highest BCUT2D eigenvalue weighted by Gasteiger charge is 2.32. The second-order valence-electron chi connectivity index (χ2n) is 3.74. The topological polar surface area (TPSA) is 24.5 Å². The predicted molar refractivity (Wildman–Crippen MR) is 52.3 cm³/mol. The Morgan fingerprint density at radius 1 is 1.57 bits per heavy atom. The Bertz CT molecular complexity index is 394. The summed E-state index contributed by atoms with van der Waals surface area (Å²) in [6.07, 6.45) is 0. The molecule has 4 heteroatoms. The van der Waals surface area contributed by atoms with Gasteiger partial charge in [0.2, 0.25) is 0 Å². The molecule has 2 heterocycles. The molecule has 0 spiro atoms. The maximum atomic E-state index is 13.4. The lowest BCUT2D eigenvalue weighted by molar-refractivity contribution is 0.261. The van der Waals surface area contributed by atoms with Crippen LogP contribution in [0.4, 0.5) is 15.8 Å². The average Bonchev–Trinajstić information content (AvgIpc) is 2.60. The van der Waals surface area contributed by atoms with Crippen molar-refractivity contribution in [2.75, 3.05) is 23.5 Å². The minimum Gasteiger partial charge on any atom is -0.486 e. The minimum atomic E-state index is -0.274. The predicted octanol–water partition coefficient (Wildman–Crippen LogP) is 1.80. The Labute approximate surface area is 81.5 Å². The zero-order chi connectivity index (χ0) is 9.71. The van der Waals surface area contributed by atoms with E-state index in [1.54, 1.807) is 6.07 Å². The van der Waals surface area contributed by atoms with Crippen LogP contribution in [0.5, 0.6) is 5.75 Å². The molecule has 1 aromatic rings. The highest BCUT2D eigenvalue weighted by atomic mass is 19.1. The normalized spacial score (nSPS) is 22.7. The summed E-state index contributed by atoms with van der Waals surface area (Å²) in [5, 5.41) is 3.22. The molecule has 0 fully saturated rings. The van der Waals surface area contributed by atoms with Gasteiger partial charge in [-0.15, -0.1) is 0 Å². The summed E-state index contributed by atoms with van der Waals surface area (Å²) in [4.78, 5) is 2.14. The van der Waals surface area contributed by atoms with Gasteiger partial charge in [-0.3, -0.25) is 0 Å². The van der Waals surface area contributed by atoms with E-state index in [1.165, 1.54) is 6.07 Å². The van der Waals surface area contributed by atoms with Gasteiger partial charge in [0.05, 0.1) is 18.4 Å². The van der Waals surface area contributed by atoms with Gasteiger partial charge in [0, 0.05) is 0 Å². The number of benzene rings is 1. The number of hydrogen-bond donors (Lipinski definition) is 1. The number of halogens is 1. The Morgan fingerprint density at radius 2 is 2.43 bits per heavy atom. The molecule has 0 amide bonds. The van der Waals surface area contributed by atoms with Crippen LogP contribution < -0.4 is 15.0 Å². The van der Waals surface area contributed by atoms with Crippen molar-refractivity contribution in [2.24, 2.45) is 0 Å². The lowest BCUT2D eigenvalue weighted by atomic mass is 10.2. The van der Waals surface area contributed by atoms with E-state index in [2.05, 4.69) is 17.1 Å². The molecule has 0 aliphatic carbocycles. The molecule has 74 valence electrons. The fourth-order valence-electron chi connectivity index (χ4n) is 2.03. The van der Waals surface area contributed by atoms with Gasteiger partial charge in [0.25, 0.3) is 0 Å². The van der Waals surface area contributed by atoms with E-state index in [0.717, 1.165) is 18.0 Å². The first-order valence-corrected chi connectivity index (χ1v) is 4.73. The monoisotopic (exact) mass is 194 g/mol. The number of anilines is 2. The first-order valence-electron chi connectivity index (χ1n) is 4.73. The maximum absolute atomic E-state index is 13.4. The molecule has 0 saturated heterocycles. The first kappa shape index (κ1) is 7.91. The molecule has 3 rings (SSSR count). The fourth-order valence-corrected chi connectivity index (χ4v) is 2.03. The van der Waals surface area contributed by atoms with E-state index in [0.29, 0.717) is 18.4 Å². The third kappa shape index (κ3) is 0.855. The minimum absolute atomic E-state index is 0.274. The molecular formula is C10H11FN2O. The van der Waals surface area contributed by atoms with E-state index in [9.17, 15) is 4.39 Å². The number of rotatable bonds is 0. The van der Waals surface area contributed by atoms with Gasteiger partial charge in [-0.2, -0.15) is 0 Å². The Balaban J connectivity index is 2.22. The number of nitrogens with one attached hydrogen (secondary N) is 1. The van der Waals surface area contributed by atoms with Crippen molar-refractivity contribution in [3.8, 4) is 5.75 Å². The van der Waals surface area contributed by atoms with Crippen molar-refractivity contribution >= 4 is 11.4 Å². The molecule has 0 radical (unpaired) electrons. The Morgan fingerprint density at radius 3 is 3.29 bits per heavy atom. The molecule has 14 heavy (non-hydrogen) atoms. The lowest BCUT2D eigenvalue weighted by Crippen LogP contribution is -2.40.